The van der Waals surface area contributed by atoms with Crippen LogP contribution in [0.5, 0.6) is 0 Å². The van der Waals surface area contributed by atoms with Crippen LogP contribution in [0.25, 0.3) is 0 Å². The van der Waals surface area contributed by atoms with Gasteiger partial charge in [0.05, 0.1) is 53.3 Å². The van der Waals surface area contributed by atoms with Crippen molar-refractivity contribution in [1.82, 2.24) is 20.2 Å². The highest BCUT2D eigenvalue weighted by Gasteiger charge is 2.45. The van der Waals surface area contributed by atoms with Crippen molar-refractivity contribution in [3.8, 4) is 0 Å². The number of alkyl halides is 1. The van der Waals surface area contributed by atoms with E-state index in [-0.39, 0.29) is 44.2 Å². The largest absolute Gasteiger partial charge is 0.481 e. The number of pyridine rings is 2. The standard InChI is InChI=1S/C20H29N3O4.C13H18N2O2.C7H13NO3.CH3F/c1-2-27-18(25)12-20(26)13-23(14-20)17(24)8-4-3-7-16-10-9-15-6-5-11-21-19(15)22-16;16-12(17)6-2-1-5-11-8-7-10-4-3-9-14-13(10)15-11;1-2-11-6(9)3-7(10)4-8-5-7;1-2/h9-10,26H,2-8,11-14H2,1H3,(H,21,22);7-8H,1-6,9H2,(H,14,15)(H,16,17);8,10H,2-5H2,1H3;1H3/i;;;1D. The molecule has 2 aromatic heterocycles. The number of nitrogens with one attached hydrogen (secondary N) is 3. The van der Waals surface area contributed by atoms with Crippen molar-refractivity contribution in [2.75, 3.05) is 70.3 Å². The highest BCUT2D eigenvalue weighted by molar-refractivity contribution is 5.78. The first-order valence-electron chi connectivity index (χ1n) is 20.8. The van der Waals surface area contributed by atoms with Gasteiger partial charge in [-0.25, -0.2) is 9.97 Å². The van der Waals surface area contributed by atoms with E-state index in [1.165, 1.54) is 17.5 Å². The first-order valence-corrected chi connectivity index (χ1v) is 20.1. The molecule has 0 aromatic carbocycles. The molecule has 0 atom stereocenters. The van der Waals surface area contributed by atoms with Crippen LogP contribution in [-0.4, -0.2) is 125 Å². The van der Waals surface area contributed by atoms with Gasteiger partial charge in [-0.1, -0.05) is 12.1 Å². The highest BCUT2D eigenvalue weighted by atomic mass is 19.1. The molecule has 0 aliphatic carbocycles. The molecule has 318 valence electrons. The van der Waals surface area contributed by atoms with Crippen molar-refractivity contribution in [2.45, 2.75) is 115 Å². The average Bonchev–Trinajstić information content (AvgIpc) is 3.17. The number of likely N-dealkylation sites (tertiary alicyclic amines) is 1. The third-order valence-corrected chi connectivity index (χ3v) is 9.84. The SMILES string of the molecule is CCOC(=O)CC1(O)CN(C(=O)CCCCc2ccc3c(n2)NCCC3)C1.CCOC(=O)CC1(O)CNC1.O=C(O)CCCCc1ccc2c(n1)NCCC2.[2H]CF. The van der Waals surface area contributed by atoms with Crippen molar-refractivity contribution in [2.24, 2.45) is 0 Å². The Hall–Kier alpha value is -4.41. The third-order valence-electron chi connectivity index (χ3n) is 9.84. The Bertz CT molecular complexity index is 1610. The maximum Gasteiger partial charge on any atom is 0.308 e. The summed E-state index contributed by atoms with van der Waals surface area (Å²) in [6.07, 6.45) is 10.3. The summed E-state index contributed by atoms with van der Waals surface area (Å²) >= 11 is 0. The highest BCUT2D eigenvalue weighted by Crippen LogP contribution is 2.27. The Kier molecular flexibility index (Phi) is 19.4. The number of ether oxygens (including phenoxy) is 2. The number of unbranched alkanes of at least 4 members (excludes halogenated alkanes) is 2. The first kappa shape index (κ1) is 45.3. The quantitative estimate of drug-likeness (QED) is 0.105. The molecule has 0 radical (unpaired) electrons. The smallest absolute Gasteiger partial charge is 0.308 e. The number of nitrogens with zero attached hydrogens (tertiary/aromatic N) is 3. The molecule has 2 aromatic rings. The summed E-state index contributed by atoms with van der Waals surface area (Å²) in [5.41, 5.74) is 2.74. The number of hydrogen-bond donors (Lipinski definition) is 6. The Morgan fingerprint density at radius 3 is 1.70 bits per heavy atom. The number of carboxylic acids is 1. The lowest BCUT2D eigenvalue weighted by Crippen LogP contribution is -2.64. The number of aromatic nitrogens is 2. The van der Waals surface area contributed by atoms with Crippen molar-refractivity contribution in [1.29, 1.82) is 0 Å². The van der Waals surface area contributed by atoms with Gasteiger partial charge in [0.1, 0.15) is 17.2 Å². The van der Waals surface area contributed by atoms with Gasteiger partial charge >= 0.3 is 17.9 Å². The maximum absolute atomic E-state index is 12.2. The summed E-state index contributed by atoms with van der Waals surface area (Å²) in [5.74, 6) is 0.604. The topological polar surface area (TPSA) is 213 Å². The summed E-state index contributed by atoms with van der Waals surface area (Å²) in [6.45, 7) is 7.55. The van der Waals surface area contributed by atoms with Crippen molar-refractivity contribution in [3.05, 3.63) is 46.8 Å². The summed E-state index contributed by atoms with van der Waals surface area (Å²) in [4.78, 5) is 55.7. The molecular weight excluding hydrogens is 739 g/mol. The van der Waals surface area contributed by atoms with Crippen LogP contribution in [0.3, 0.4) is 0 Å². The van der Waals surface area contributed by atoms with Crippen molar-refractivity contribution >= 4 is 35.5 Å². The number of aliphatic hydroxyl groups is 2. The lowest BCUT2D eigenvalue weighted by molar-refractivity contribution is -0.168. The van der Waals surface area contributed by atoms with Crippen LogP contribution in [0.1, 0.15) is 102 Å². The number of aliphatic carboxylic acids is 1. The number of amides is 1. The third kappa shape index (κ3) is 16.5. The molecule has 0 spiro atoms. The zero-order valence-electron chi connectivity index (χ0n) is 34.6. The number of rotatable bonds is 16. The van der Waals surface area contributed by atoms with Crippen LogP contribution in [0.4, 0.5) is 16.0 Å². The van der Waals surface area contributed by atoms with Gasteiger partial charge in [-0.15, -0.1) is 0 Å². The molecule has 1 amide bonds. The predicted octanol–water partition coefficient (Wildman–Crippen LogP) is 3.78. The Morgan fingerprint density at radius 1 is 0.789 bits per heavy atom. The van der Waals surface area contributed by atoms with E-state index in [0.29, 0.717) is 32.7 Å². The molecule has 4 aliphatic rings. The monoisotopic (exact) mass is 803 g/mol. The number of carbonyl (C=O) groups excluding carboxylic acids is 3. The number of anilines is 2. The fourth-order valence-corrected chi connectivity index (χ4v) is 6.79. The lowest BCUT2D eigenvalue weighted by Gasteiger charge is -2.46. The summed E-state index contributed by atoms with van der Waals surface area (Å²) in [6, 6.07) is 8.44. The van der Waals surface area contributed by atoms with Gasteiger partial charge in [0.15, 0.2) is 0 Å². The molecule has 0 unspecified atom stereocenters. The lowest BCUT2D eigenvalue weighted by atomic mass is 9.90. The Morgan fingerprint density at radius 2 is 1.26 bits per heavy atom. The van der Waals surface area contributed by atoms with E-state index >= 15 is 0 Å². The Balaban J connectivity index is 0.000000247. The van der Waals surface area contributed by atoms with E-state index in [1.54, 1.807) is 18.7 Å². The molecule has 2 fully saturated rings. The van der Waals surface area contributed by atoms with Gasteiger partial charge in [-0.2, -0.15) is 0 Å². The fourth-order valence-electron chi connectivity index (χ4n) is 6.79. The minimum atomic E-state index is -1.12. The number of esters is 2. The summed E-state index contributed by atoms with van der Waals surface area (Å²) < 4.78 is 25.0. The minimum absolute atomic E-state index is 0.0311. The normalized spacial score (nSPS) is 16.7. The summed E-state index contributed by atoms with van der Waals surface area (Å²) in [7, 11) is -1.00. The molecule has 6 rings (SSSR count). The van der Waals surface area contributed by atoms with E-state index < -0.39 is 30.3 Å². The van der Waals surface area contributed by atoms with E-state index in [2.05, 4.69) is 54.9 Å². The van der Waals surface area contributed by atoms with Crippen molar-refractivity contribution < 1.29 is 49.7 Å². The number of fused-ring (bicyclic) bond motifs is 2. The molecule has 16 heteroatoms. The van der Waals surface area contributed by atoms with E-state index in [1.807, 2.05) is 0 Å². The van der Waals surface area contributed by atoms with Gasteiger partial charge in [0.2, 0.25) is 5.91 Å². The molecule has 57 heavy (non-hydrogen) atoms. The van der Waals surface area contributed by atoms with Gasteiger partial charge in [0, 0.05) is 50.4 Å². The molecule has 15 nitrogen and oxygen atoms in total. The number of carboxylic acid groups (broad SMARTS) is 1. The zero-order chi connectivity index (χ0) is 42.4. The second-order valence-corrected chi connectivity index (χ2v) is 14.8. The zero-order valence-corrected chi connectivity index (χ0v) is 33.6. The minimum Gasteiger partial charge on any atom is -0.481 e. The van der Waals surface area contributed by atoms with Crippen LogP contribution in [0.15, 0.2) is 24.3 Å². The van der Waals surface area contributed by atoms with E-state index in [9.17, 15) is 33.8 Å². The number of β-amino-alcohol motifs (C(OH)–C–C–N with tert-alkyl or cyclic N) is 2. The van der Waals surface area contributed by atoms with E-state index in [4.69, 9.17) is 11.2 Å². The average molecular weight is 804 g/mol. The number of aryl methyl sites for hydroxylation is 4. The molecule has 6 heterocycles. The van der Waals surface area contributed by atoms with Gasteiger partial charge < -0.3 is 45.6 Å². The van der Waals surface area contributed by atoms with Gasteiger partial charge in [0.25, 0.3) is 0 Å². The van der Waals surface area contributed by atoms with Crippen LogP contribution in [0.2, 0.25) is 0 Å². The molecule has 4 aliphatic heterocycles. The maximum atomic E-state index is 12.2. The van der Waals surface area contributed by atoms with Gasteiger partial charge in [-0.3, -0.25) is 23.6 Å². The van der Waals surface area contributed by atoms with E-state index in [0.717, 1.165) is 93.9 Å². The Labute approximate surface area is 336 Å². The van der Waals surface area contributed by atoms with Crippen LogP contribution >= 0.6 is 0 Å². The fraction of sp³-hybridized carbons (Fsp3) is 0.659. The molecule has 0 saturated carbocycles. The number of hydrogen-bond acceptors (Lipinski definition) is 13. The van der Waals surface area contributed by atoms with Crippen LogP contribution < -0.4 is 16.0 Å². The van der Waals surface area contributed by atoms with Crippen LogP contribution in [0, 0.1) is 0 Å². The first-order chi connectivity index (χ1) is 27.8. The molecule has 6 N–H and O–H groups in total. The second-order valence-electron chi connectivity index (χ2n) is 14.8. The molecule has 0 bridgehead atoms. The van der Waals surface area contributed by atoms with Gasteiger partial charge in [-0.05, 0) is 101 Å². The second kappa shape index (κ2) is 24.4. The predicted molar refractivity (Wildman–Crippen MR) is 214 cm³/mol. The number of halogens is 1. The van der Waals surface area contributed by atoms with Crippen LogP contribution in [-0.2, 0) is 54.3 Å². The summed E-state index contributed by atoms with van der Waals surface area (Å²) in [5, 5.41) is 37.8. The molecular formula is C41H63FN6O9. The van der Waals surface area contributed by atoms with Crippen molar-refractivity contribution in [3.63, 3.8) is 0 Å². The molecule has 2 saturated heterocycles. The number of carbonyl (C=O) groups is 4.